The zero-order valence-corrected chi connectivity index (χ0v) is 13.6. The van der Waals surface area contributed by atoms with E-state index in [1.807, 2.05) is 18.5 Å². The van der Waals surface area contributed by atoms with Crippen LogP contribution >= 0.6 is 22.6 Å². The largest absolute Gasteiger partial charge is 0.373 e. The Balaban J connectivity index is 1.99. The van der Waals surface area contributed by atoms with Crippen molar-refractivity contribution in [1.82, 2.24) is 4.98 Å². The summed E-state index contributed by atoms with van der Waals surface area (Å²) in [4.78, 5) is 4.12. The van der Waals surface area contributed by atoms with E-state index < -0.39 is 0 Å². The van der Waals surface area contributed by atoms with Crippen molar-refractivity contribution >= 4 is 28.3 Å². The predicted molar refractivity (Wildman–Crippen MR) is 95.3 cm³/mol. The lowest BCUT2D eigenvalue weighted by Crippen LogP contribution is -2.13. The fourth-order valence-electron chi connectivity index (χ4n) is 2.29. The number of para-hydroxylation sites is 1. The van der Waals surface area contributed by atoms with Gasteiger partial charge in [-0.15, -0.1) is 0 Å². The summed E-state index contributed by atoms with van der Waals surface area (Å²) in [6.07, 6.45) is 3.67. The highest BCUT2D eigenvalue weighted by molar-refractivity contribution is 14.1. The van der Waals surface area contributed by atoms with Gasteiger partial charge >= 0.3 is 0 Å². The van der Waals surface area contributed by atoms with Crippen LogP contribution in [0.2, 0.25) is 0 Å². The van der Waals surface area contributed by atoms with Crippen molar-refractivity contribution in [3.05, 3.63) is 93.8 Å². The van der Waals surface area contributed by atoms with E-state index in [0.717, 1.165) is 5.69 Å². The summed E-state index contributed by atoms with van der Waals surface area (Å²) in [5.74, 6) is 0. The van der Waals surface area contributed by atoms with Crippen LogP contribution < -0.4 is 5.32 Å². The van der Waals surface area contributed by atoms with Crippen molar-refractivity contribution in [1.29, 1.82) is 0 Å². The molecule has 3 rings (SSSR count). The van der Waals surface area contributed by atoms with E-state index in [1.165, 1.54) is 14.7 Å². The van der Waals surface area contributed by atoms with Crippen molar-refractivity contribution in [2.75, 3.05) is 5.32 Å². The lowest BCUT2D eigenvalue weighted by atomic mass is 9.99. The van der Waals surface area contributed by atoms with Crippen molar-refractivity contribution in [3.63, 3.8) is 0 Å². The molecule has 0 spiro atoms. The zero-order chi connectivity index (χ0) is 14.5. The van der Waals surface area contributed by atoms with Crippen LogP contribution in [-0.2, 0) is 0 Å². The molecule has 3 heteroatoms. The maximum absolute atomic E-state index is 4.12. The van der Waals surface area contributed by atoms with Crippen LogP contribution in [0.25, 0.3) is 0 Å². The van der Waals surface area contributed by atoms with Crippen LogP contribution in [0, 0.1) is 3.57 Å². The van der Waals surface area contributed by atoms with Gasteiger partial charge in [-0.05, 0) is 58.0 Å². The first-order valence-corrected chi connectivity index (χ1v) is 7.88. The molecule has 0 aliphatic heterocycles. The first-order chi connectivity index (χ1) is 10.3. The fourth-order valence-corrected chi connectivity index (χ4v) is 2.84. The lowest BCUT2D eigenvalue weighted by molar-refractivity contribution is 0.932. The van der Waals surface area contributed by atoms with Crippen molar-refractivity contribution in [2.24, 2.45) is 0 Å². The molecule has 0 fully saturated rings. The van der Waals surface area contributed by atoms with Gasteiger partial charge in [-0.2, -0.15) is 0 Å². The van der Waals surface area contributed by atoms with Crippen molar-refractivity contribution in [3.8, 4) is 0 Å². The third kappa shape index (κ3) is 3.42. The molecule has 1 N–H and O–H groups in total. The Morgan fingerprint density at radius 3 is 2.10 bits per heavy atom. The number of nitrogens with one attached hydrogen (secondary N) is 1. The monoisotopic (exact) mass is 386 g/mol. The summed E-state index contributed by atoms with van der Waals surface area (Å²) < 4.78 is 1.21. The molecule has 0 radical (unpaired) electrons. The Labute approximate surface area is 138 Å². The average Bonchev–Trinajstić information content (AvgIpc) is 2.56. The van der Waals surface area contributed by atoms with E-state index in [1.54, 1.807) is 0 Å². The van der Waals surface area contributed by atoms with Gasteiger partial charge in [-0.3, -0.25) is 4.98 Å². The van der Waals surface area contributed by atoms with Crippen molar-refractivity contribution in [2.45, 2.75) is 6.04 Å². The summed E-state index contributed by atoms with van der Waals surface area (Å²) in [7, 11) is 0. The van der Waals surface area contributed by atoms with Gasteiger partial charge in [0.1, 0.15) is 0 Å². The van der Waals surface area contributed by atoms with Gasteiger partial charge in [0.25, 0.3) is 0 Å². The highest BCUT2D eigenvalue weighted by atomic mass is 127. The molecule has 1 heterocycles. The number of pyridine rings is 1. The second-order valence-corrected chi connectivity index (χ2v) is 5.91. The summed E-state index contributed by atoms with van der Waals surface area (Å²) in [6, 6.07) is 23.0. The smallest absolute Gasteiger partial charge is 0.0768 e. The maximum Gasteiger partial charge on any atom is 0.0768 e. The summed E-state index contributed by atoms with van der Waals surface area (Å²) in [6.45, 7) is 0. The molecule has 3 aromatic rings. The van der Waals surface area contributed by atoms with E-state index in [4.69, 9.17) is 0 Å². The van der Waals surface area contributed by atoms with Gasteiger partial charge in [0.05, 0.1) is 6.04 Å². The third-order valence-electron chi connectivity index (χ3n) is 3.35. The fraction of sp³-hybridized carbons (Fsp3) is 0.0556. The van der Waals surface area contributed by atoms with Crippen LogP contribution in [0.5, 0.6) is 0 Å². The minimum atomic E-state index is 0.116. The molecule has 0 aliphatic rings. The van der Waals surface area contributed by atoms with Crippen LogP contribution in [0.3, 0.4) is 0 Å². The topological polar surface area (TPSA) is 24.9 Å². The molecule has 1 unspecified atom stereocenters. The molecule has 104 valence electrons. The Morgan fingerprint density at radius 1 is 0.762 bits per heavy atom. The Morgan fingerprint density at radius 2 is 1.38 bits per heavy atom. The van der Waals surface area contributed by atoms with Crippen LogP contribution in [0.1, 0.15) is 17.2 Å². The van der Waals surface area contributed by atoms with Crippen molar-refractivity contribution < 1.29 is 0 Å². The molecule has 0 saturated carbocycles. The number of rotatable bonds is 4. The molecule has 0 saturated heterocycles. The van der Waals surface area contributed by atoms with Gasteiger partial charge in [-0.25, -0.2) is 0 Å². The number of anilines is 1. The number of halogens is 1. The van der Waals surface area contributed by atoms with E-state index in [2.05, 4.69) is 93.6 Å². The molecular weight excluding hydrogens is 371 g/mol. The predicted octanol–water partition coefficient (Wildman–Crippen LogP) is 4.89. The average molecular weight is 386 g/mol. The molecule has 0 amide bonds. The number of hydrogen-bond acceptors (Lipinski definition) is 2. The highest BCUT2D eigenvalue weighted by Crippen LogP contribution is 2.28. The lowest BCUT2D eigenvalue weighted by Gasteiger charge is -2.21. The molecular formula is C18H15IN2. The Kier molecular flexibility index (Phi) is 4.50. The number of hydrogen-bond donors (Lipinski definition) is 1. The quantitative estimate of drug-likeness (QED) is 0.646. The molecule has 1 aromatic heterocycles. The van der Waals surface area contributed by atoms with Gasteiger partial charge in [0.2, 0.25) is 0 Å². The first-order valence-electron chi connectivity index (χ1n) is 6.80. The molecule has 0 bridgehead atoms. The summed E-state index contributed by atoms with van der Waals surface area (Å²) in [5, 5.41) is 3.64. The van der Waals surface area contributed by atoms with E-state index >= 15 is 0 Å². The van der Waals surface area contributed by atoms with E-state index in [0.29, 0.717) is 0 Å². The molecule has 2 nitrogen and oxygen atoms in total. The van der Waals surface area contributed by atoms with Gasteiger partial charge in [-0.1, -0.05) is 42.5 Å². The Bertz CT molecular complexity index is 659. The minimum absolute atomic E-state index is 0.116. The zero-order valence-electron chi connectivity index (χ0n) is 11.4. The van der Waals surface area contributed by atoms with Gasteiger partial charge < -0.3 is 5.32 Å². The van der Waals surface area contributed by atoms with Gasteiger partial charge in [0, 0.05) is 21.7 Å². The molecule has 0 aliphatic carbocycles. The van der Waals surface area contributed by atoms with Crippen LogP contribution in [0.4, 0.5) is 5.69 Å². The van der Waals surface area contributed by atoms with E-state index in [-0.39, 0.29) is 6.04 Å². The second kappa shape index (κ2) is 6.72. The number of nitrogens with zero attached hydrogens (tertiary/aromatic N) is 1. The maximum atomic E-state index is 4.12. The van der Waals surface area contributed by atoms with Crippen LogP contribution in [0.15, 0.2) is 79.1 Å². The molecule has 21 heavy (non-hydrogen) atoms. The summed E-state index contributed by atoms with van der Waals surface area (Å²) >= 11 is 2.36. The molecule has 1 atom stereocenters. The molecule has 2 aromatic carbocycles. The Hall–Kier alpha value is -1.88. The highest BCUT2D eigenvalue weighted by Gasteiger charge is 2.14. The minimum Gasteiger partial charge on any atom is -0.373 e. The SMILES string of the molecule is Ic1ccccc1NC(c1ccccc1)c1ccncc1. The number of benzene rings is 2. The summed E-state index contributed by atoms with van der Waals surface area (Å²) in [5.41, 5.74) is 3.59. The van der Waals surface area contributed by atoms with Crippen LogP contribution in [-0.4, -0.2) is 4.98 Å². The first kappa shape index (κ1) is 14.1. The standard InChI is InChI=1S/C18H15IN2/c19-16-8-4-5-9-17(16)21-18(14-6-2-1-3-7-14)15-10-12-20-13-11-15/h1-13,18,21H. The number of aromatic nitrogens is 1. The second-order valence-electron chi connectivity index (χ2n) is 4.75. The van der Waals surface area contributed by atoms with Gasteiger partial charge in [0.15, 0.2) is 0 Å². The third-order valence-corrected chi connectivity index (χ3v) is 4.29. The normalized spacial score (nSPS) is 11.9. The van der Waals surface area contributed by atoms with E-state index in [9.17, 15) is 0 Å².